The summed E-state index contributed by atoms with van der Waals surface area (Å²) in [6.45, 7) is 4.51. The minimum absolute atomic E-state index is 0.124. The molecule has 0 atom stereocenters. The second-order valence-electron chi connectivity index (χ2n) is 6.76. The van der Waals surface area contributed by atoms with Gasteiger partial charge in [-0.3, -0.25) is 9.52 Å². The molecule has 2 aromatic carbocycles. The maximum Gasteiger partial charge on any atom is 0.262 e. The molecule has 0 fully saturated rings. The van der Waals surface area contributed by atoms with Gasteiger partial charge in [0.25, 0.3) is 10.0 Å². The molecule has 2 aromatic rings. The van der Waals surface area contributed by atoms with Crippen LogP contribution in [0.2, 0.25) is 5.02 Å². The molecule has 0 aromatic heterocycles. The van der Waals surface area contributed by atoms with Gasteiger partial charge in [0.2, 0.25) is 5.91 Å². The number of hydrogen-bond donors (Lipinski definition) is 1. The van der Waals surface area contributed by atoms with Crippen LogP contribution in [0, 0.1) is 6.92 Å². The Morgan fingerprint density at radius 1 is 1.15 bits per heavy atom. The van der Waals surface area contributed by atoms with Gasteiger partial charge in [-0.05, 0) is 61.2 Å². The van der Waals surface area contributed by atoms with Crippen LogP contribution in [0.15, 0.2) is 41.3 Å². The Labute approximate surface area is 165 Å². The molecule has 1 heterocycles. The van der Waals surface area contributed by atoms with Crippen LogP contribution in [0.1, 0.15) is 37.3 Å². The van der Waals surface area contributed by atoms with Gasteiger partial charge >= 0.3 is 0 Å². The normalized spacial score (nSPS) is 14.2. The number of anilines is 2. The Morgan fingerprint density at radius 2 is 1.93 bits per heavy atom. The standard InChI is InChI=1S/C20H23ClN2O3S/c1-3-4-11-23-18-9-8-17(12-15(18)6-10-20(23)24)22-27(25,26)19-13-16(21)7-5-14(19)2/h5,7-9,12-13,22H,3-4,6,10-11H2,1-2H3. The van der Waals surface area contributed by atoms with Crippen LogP contribution in [0.5, 0.6) is 0 Å². The zero-order valence-electron chi connectivity index (χ0n) is 15.5. The lowest BCUT2D eigenvalue weighted by atomic mass is 10.00. The third kappa shape index (κ3) is 4.28. The van der Waals surface area contributed by atoms with Crippen molar-refractivity contribution in [2.45, 2.75) is 44.4 Å². The minimum Gasteiger partial charge on any atom is -0.312 e. The lowest BCUT2D eigenvalue weighted by Gasteiger charge is -2.30. The quantitative estimate of drug-likeness (QED) is 0.766. The lowest BCUT2D eigenvalue weighted by Crippen LogP contribution is -2.35. The Hall–Kier alpha value is -2.05. The molecule has 7 heteroatoms. The van der Waals surface area contributed by atoms with E-state index in [2.05, 4.69) is 11.6 Å². The van der Waals surface area contributed by atoms with Crippen molar-refractivity contribution in [3.8, 4) is 0 Å². The van der Waals surface area contributed by atoms with Crippen molar-refractivity contribution < 1.29 is 13.2 Å². The van der Waals surface area contributed by atoms with Gasteiger partial charge in [-0.15, -0.1) is 0 Å². The highest BCUT2D eigenvalue weighted by molar-refractivity contribution is 7.92. The van der Waals surface area contributed by atoms with E-state index in [4.69, 9.17) is 11.6 Å². The van der Waals surface area contributed by atoms with Gasteiger partial charge in [-0.1, -0.05) is 31.0 Å². The second kappa shape index (κ2) is 7.90. The molecule has 144 valence electrons. The molecule has 3 rings (SSSR count). The molecule has 27 heavy (non-hydrogen) atoms. The van der Waals surface area contributed by atoms with E-state index >= 15 is 0 Å². The van der Waals surface area contributed by atoms with Gasteiger partial charge in [-0.25, -0.2) is 8.42 Å². The predicted octanol–water partition coefficient (Wildman–Crippen LogP) is 4.53. The van der Waals surface area contributed by atoms with Crippen molar-refractivity contribution in [3.05, 3.63) is 52.5 Å². The van der Waals surface area contributed by atoms with E-state index in [-0.39, 0.29) is 10.8 Å². The number of hydrogen-bond acceptors (Lipinski definition) is 3. The summed E-state index contributed by atoms with van der Waals surface area (Å²) in [7, 11) is -3.75. The summed E-state index contributed by atoms with van der Waals surface area (Å²) in [6.07, 6.45) is 3.01. The van der Waals surface area contributed by atoms with Crippen LogP contribution in [0.3, 0.4) is 0 Å². The Bertz CT molecular complexity index is 973. The molecule has 0 aliphatic carbocycles. The van der Waals surface area contributed by atoms with Crippen LogP contribution in [-0.4, -0.2) is 20.9 Å². The fraction of sp³-hybridized carbons (Fsp3) is 0.350. The third-order valence-corrected chi connectivity index (χ3v) is 6.47. The van der Waals surface area contributed by atoms with Crippen molar-refractivity contribution in [2.75, 3.05) is 16.2 Å². The molecule has 1 N–H and O–H groups in total. The molecule has 0 saturated carbocycles. The average molecular weight is 407 g/mol. The van der Waals surface area contributed by atoms with E-state index in [0.29, 0.717) is 35.7 Å². The number of carbonyl (C=O) groups excluding carboxylic acids is 1. The molecule has 0 spiro atoms. The van der Waals surface area contributed by atoms with Gasteiger partial charge in [0.15, 0.2) is 0 Å². The zero-order chi connectivity index (χ0) is 19.6. The summed E-state index contributed by atoms with van der Waals surface area (Å²) >= 11 is 5.96. The van der Waals surface area contributed by atoms with E-state index in [0.717, 1.165) is 24.1 Å². The number of aryl methyl sites for hydroxylation is 2. The number of carbonyl (C=O) groups is 1. The summed E-state index contributed by atoms with van der Waals surface area (Å²) in [4.78, 5) is 14.2. The van der Waals surface area contributed by atoms with Gasteiger partial charge < -0.3 is 4.90 Å². The first-order valence-corrected chi connectivity index (χ1v) is 10.9. The highest BCUT2D eigenvalue weighted by Crippen LogP contribution is 2.32. The number of rotatable bonds is 6. The first-order chi connectivity index (χ1) is 12.8. The average Bonchev–Trinajstić information content (AvgIpc) is 2.62. The Balaban J connectivity index is 1.89. The highest BCUT2D eigenvalue weighted by atomic mass is 35.5. The number of nitrogens with zero attached hydrogens (tertiary/aromatic N) is 1. The molecule has 1 aliphatic rings. The molecule has 0 bridgehead atoms. The molecular formula is C20H23ClN2O3S. The smallest absolute Gasteiger partial charge is 0.262 e. The molecule has 5 nitrogen and oxygen atoms in total. The first kappa shape index (κ1) is 19.7. The summed E-state index contributed by atoms with van der Waals surface area (Å²) in [5.41, 5.74) is 2.97. The van der Waals surface area contributed by atoms with Crippen LogP contribution >= 0.6 is 11.6 Å². The van der Waals surface area contributed by atoms with Gasteiger partial charge in [-0.2, -0.15) is 0 Å². The van der Waals surface area contributed by atoms with Crippen LogP contribution in [0.25, 0.3) is 0 Å². The summed E-state index contributed by atoms with van der Waals surface area (Å²) in [5, 5.41) is 0.372. The highest BCUT2D eigenvalue weighted by Gasteiger charge is 2.25. The Morgan fingerprint density at radius 3 is 2.67 bits per heavy atom. The fourth-order valence-electron chi connectivity index (χ4n) is 3.26. The van der Waals surface area contributed by atoms with Gasteiger partial charge in [0, 0.05) is 29.4 Å². The second-order valence-corrected chi connectivity index (χ2v) is 8.84. The maximum absolute atomic E-state index is 12.8. The SMILES string of the molecule is CCCCN1C(=O)CCc2cc(NS(=O)(=O)c3cc(Cl)ccc3C)ccc21. The van der Waals surface area contributed by atoms with Crippen molar-refractivity contribution in [1.29, 1.82) is 0 Å². The maximum atomic E-state index is 12.8. The van der Waals surface area contributed by atoms with Crippen LogP contribution < -0.4 is 9.62 Å². The Kier molecular flexibility index (Phi) is 5.77. The molecule has 1 amide bonds. The first-order valence-electron chi connectivity index (χ1n) is 9.04. The van der Waals surface area contributed by atoms with Crippen LogP contribution in [-0.2, 0) is 21.2 Å². The third-order valence-electron chi connectivity index (χ3n) is 4.71. The van der Waals surface area contributed by atoms with Crippen molar-refractivity contribution in [3.63, 3.8) is 0 Å². The zero-order valence-corrected chi connectivity index (χ0v) is 17.0. The van der Waals surface area contributed by atoms with E-state index in [1.54, 1.807) is 25.1 Å². The van der Waals surface area contributed by atoms with Gasteiger partial charge in [0.1, 0.15) is 0 Å². The van der Waals surface area contributed by atoms with Crippen LogP contribution in [0.4, 0.5) is 11.4 Å². The van der Waals surface area contributed by atoms with Crippen molar-refractivity contribution in [1.82, 2.24) is 0 Å². The lowest BCUT2D eigenvalue weighted by molar-refractivity contribution is -0.118. The monoisotopic (exact) mass is 406 g/mol. The fourth-order valence-corrected chi connectivity index (χ4v) is 4.82. The summed E-state index contributed by atoms with van der Waals surface area (Å²) in [6, 6.07) is 10.1. The topological polar surface area (TPSA) is 66.5 Å². The number of amides is 1. The van der Waals surface area contributed by atoms with Gasteiger partial charge in [0.05, 0.1) is 4.90 Å². The minimum atomic E-state index is -3.75. The molecule has 0 saturated heterocycles. The van der Waals surface area contributed by atoms with E-state index in [9.17, 15) is 13.2 Å². The number of sulfonamides is 1. The van der Waals surface area contributed by atoms with E-state index in [1.165, 1.54) is 6.07 Å². The van der Waals surface area contributed by atoms with Crippen molar-refractivity contribution >= 4 is 38.9 Å². The largest absolute Gasteiger partial charge is 0.312 e. The van der Waals surface area contributed by atoms with Crippen molar-refractivity contribution in [2.24, 2.45) is 0 Å². The number of benzene rings is 2. The van der Waals surface area contributed by atoms with E-state index < -0.39 is 10.0 Å². The molecule has 0 unspecified atom stereocenters. The number of unbranched alkanes of at least 4 members (excludes halogenated alkanes) is 1. The summed E-state index contributed by atoms with van der Waals surface area (Å²) in [5.74, 6) is 0.124. The van der Waals surface area contributed by atoms with E-state index in [1.807, 2.05) is 17.0 Å². The number of halogens is 1. The number of nitrogens with one attached hydrogen (secondary N) is 1. The molecular weight excluding hydrogens is 384 g/mol. The summed E-state index contributed by atoms with van der Waals surface area (Å²) < 4.78 is 28.2. The number of fused-ring (bicyclic) bond motifs is 1. The molecule has 0 radical (unpaired) electrons. The molecule has 1 aliphatic heterocycles. The predicted molar refractivity (Wildman–Crippen MR) is 109 cm³/mol.